The molecular formula is C18H17FN4O4. The zero-order chi connectivity index (χ0) is 19.8. The molecular weight excluding hydrogens is 355 g/mol. The molecule has 0 radical (unpaired) electrons. The number of rotatable bonds is 5. The van der Waals surface area contributed by atoms with Crippen LogP contribution in [0.2, 0.25) is 0 Å². The summed E-state index contributed by atoms with van der Waals surface area (Å²) >= 11 is 0. The molecule has 0 saturated carbocycles. The fourth-order valence-corrected chi connectivity index (χ4v) is 2.01. The Balaban J connectivity index is 1.79. The van der Waals surface area contributed by atoms with Gasteiger partial charge in [-0.05, 0) is 48.5 Å². The van der Waals surface area contributed by atoms with Crippen LogP contribution in [0.25, 0.3) is 0 Å². The zero-order valence-corrected chi connectivity index (χ0v) is 14.3. The number of benzene rings is 2. The predicted molar refractivity (Wildman–Crippen MR) is 97.4 cm³/mol. The number of hydrogen-bond donors (Lipinski definition) is 4. The number of anilines is 3. The third-order valence-electron chi connectivity index (χ3n) is 3.21. The van der Waals surface area contributed by atoms with E-state index in [-0.39, 0.29) is 5.91 Å². The van der Waals surface area contributed by atoms with E-state index in [9.17, 15) is 23.6 Å². The van der Waals surface area contributed by atoms with Crippen molar-refractivity contribution in [3.05, 3.63) is 54.3 Å². The quantitative estimate of drug-likeness (QED) is 0.595. The van der Waals surface area contributed by atoms with E-state index >= 15 is 0 Å². The average molecular weight is 372 g/mol. The summed E-state index contributed by atoms with van der Waals surface area (Å²) in [6, 6.07) is 11.2. The first-order valence-electron chi connectivity index (χ1n) is 7.86. The van der Waals surface area contributed by atoms with Crippen LogP contribution in [-0.4, -0.2) is 30.2 Å². The monoisotopic (exact) mass is 372 g/mol. The third-order valence-corrected chi connectivity index (χ3v) is 3.21. The minimum atomic E-state index is -0.991. The Morgan fingerprint density at radius 3 is 1.78 bits per heavy atom. The van der Waals surface area contributed by atoms with E-state index in [2.05, 4.69) is 21.3 Å². The van der Waals surface area contributed by atoms with Crippen LogP contribution >= 0.6 is 0 Å². The van der Waals surface area contributed by atoms with Crippen molar-refractivity contribution in [3.63, 3.8) is 0 Å². The summed E-state index contributed by atoms with van der Waals surface area (Å²) in [5.74, 6) is -3.18. The van der Waals surface area contributed by atoms with Crippen LogP contribution < -0.4 is 21.3 Å². The average Bonchev–Trinajstić information content (AvgIpc) is 2.62. The summed E-state index contributed by atoms with van der Waals surface area (Å²) < 4.78 is 12.8. The van der Waals surface area contributed by atoms with Crippen molar-refractivity contribution in [2.24, 2.45) is 0 Å². The lowest BCUT2D eigenvalue weighted by molar-refractivity contribution is -0.136. The Bertz CT molecular complexity index is 851. The molecule has 0 aliphatic rings. The van der Waals surface area contributed by atoms with Crippen molar-refractivity contribution in [2.75, 3.05) is 22.5 Å². The van der Waals surface area contributed by atoms with Gasteiger partial charge in [-0.3, -0.25) is 19.2 Å². The Kier molecular flexibility index (Phi) is 6.59. The van der Waals surface area contributed by atoms with Gasteiger partial charge in [0.15, 0.2) is 0 Å². The van der Waals surface area contributed by atoms with Crippen LogP contribution in [0, 0.1) is 5.82 Å². The van der Waals surface area contributed by atoms with Gasteiger partial charge in [0.2, 0.25) is 11.8 Å². The highest BCUT2D eigenvalue weighted by atomic mass is 19.1. The molecule has 2 aromatic rings. The molecule has 4 N–H and O–H groups in total. The number of carbonyl (C=O) groups is 4. The Hall–Kier alpha value is -3.75. The fraction of sp³-hybridized carbons (Fsp3) is 0.111. The van der Waals surface area contributed by atoms with E-state index in [1.165, 1.54) is 43.3 Å². The summed E-state index contributed by atoms with van der Waals surface area (Å²) in [6.45, 7) is 0.942. The molecule has 0 aliphatic heterocycles. The lowest BCUT2D eigenvalue weighted by Gasteiger charge is -2.08. The van der Waals surface area contributed by atoms with Crippen molar-refractivity contribution < 1.29 is 23.6 Å². The first-order chi connectivity index (χ1) is 12.8. The van der Waals surface area contributed by atoms with Crippen LogP contribution in [0.1, 0.15) is 6.92 Å². The Labute approximate surface area is 154 Å². The van der Waals surface area contributed by atoms with Crippen molar-refractivity contribution in [3.8, 4) is 0 Å². The lowest BCUT2D eigenvalue weighted by Crippen LogP contribution is -2.39. The molecule has 2 aromatic carbocycles. The minimum absolute atomic E-state index is 0.231. The van der Waals surface area contributed by atoms with Crippen molar-refractivity contribution >= 4 is 40.7 Å². The van der Waals surface area contributed by atoms with E-state index < -0.39 is 30.1 Å². The second-order valence-electron chi connectivity index (χ2n) is 5.45. The number of hydrogen-bond acceptors (Lipinski definition) is 4. The van der Waals surface area contributed by atoms with Gasteiger partial charge >= 0.3 is 11.8 Å². The number of amides is 4. The molecule has 4 amide bonds. The van der Waals surface area contributed by atoms with Crippen LogP contribution in [0.15, 0.2) is 48.5 Å². The van der Waals surface area contributed by atoms with Crippen LogP contribution in [0.4, 0.5) is 21.5 Å². The second-order valence-corrected chi connectivity index (χ2v) is 5.45. The van der Waals surface area contributed by atoms with E-state index in [1.807, 2.05) is 0 Å². The molecule has 0 spiro atoms. The molecule has 0 heterocycles. The zero-order valence-electron chi connectivity index (χ0n) is 14.3. The van der Waals surface area contributed by atoms with Crippen LogP contribution in [-0.2, 0) is 19.2 Å². The second kappa shape index (κ2) is 9.09. The molecule has 0 unspecified atom stereocenters. The maximum Gasteiger partial charge on any atom is 0.313 e. The first kappa shape index (κ1) is 19.6. The molecule has 0 aromatic heterocycles. The van der Waals surface area contributed by atoms with Crippen molar-refractivity contribution in [1.29, 1.82) is 0 Å². The molecule has 0 atom stereocenters. The van der Waals surface area contributed by atoms with Gasteiger partial charge in [-0.25, -0.2) is 4.39 Å². The molecule has 9 heteroatoms. The van der Waals surface area contributed by atoms with Gasteiger partial charge in [0.25, 0.3) is 0 Å². The highest BCUT2D eigenvalue weighted by molar-refractivity contribution is 6.39. The molecule has 0 aliphatic carbocycles. The van der Waals surface area contributed by atoms with Gasteiger partial charge in [-0.15, -0.1) is 0 Å². The number of nitrogens with one attached hydrogen (secondary N) is 4. The molecule has 8 nitrogen and oxygen atoms in total. The molecule has 2 rings (SSSR count). The smallest absolute Gasteiger partial charge is 0.313 e. The Morgan fingerprint density at radius 1 is 0.741 bits per heavy atom. The standard InChI is InChI=1S/C18H17FN4O4/c1-11(24)21-13-6-8-15(9-7-13)23-18(27)17(26)20-10-16(25)22-14-4-2-12(19)3-5-14/h2-9H,10H2,1H3,(H,20,26)(H,21,24)(H,22,25)(H,23,27). The van der Waals surface area contributed by atoms with E-state index in [0.29, 0.717) is 17.1 Å². The fourth-order valence-electron chi connectivity index (χ4n) is 2.01. The van der Waals surface area contributed by atoms with Gasteiger partial charge in [0.05, 0.1) is 6.54 Å². The molecule has 140 valence electrons. The number of halogens is 1. The maximum atomic E-state index is 12.8. The third kappa shape index (κ3) is 6.58. The summed E-state index contributed by atoms with van der Waals surface area (Å²) in [5.41, 5.74) is 1.25. The van der Waals surface area contributed by atoms with Gasteiger partial charge < -0.3 is 21.3 Å². The van der Waals surface area contributed by atoms with Crippen molar-refractivity contribution in [1.82, 2.24) is 5.32 Å². The predicted octanol–water partition coefficient (Wildman–Crippen LogP) is 1.48. The first-order valence-corrected chi connectivity index (χ1v) is 7.86. The summed E-state index contributed by atoms with van der Waals surface area (Å²) in [4.78, 5) is 46.2. The lowest BCUT2D eigenvalue weighted by atomic mass is 10.2. The highest BCUT2D eigenvalue weighted by Gasteiger charge is 2.15. The minimum Gasteiger partial charge on any atom is -0.339 e. The SMILES string of the molecule is CC(=O)Nc1ccc(NC(=O)C(=O)NCC(=O)Nc2ccc(F)cc2)cc1. The summed E-state index contributed by atoms with van der Waals surface area (Å²) in [6.07, 6.45) is 0. The van der Waals surface area contributed by atoms with Gasteiger partial charge in [0.1, 0.15) is 5.82 Å². The summed E-state index contributed by atoms with van der Waals surface area (Å²) in [5, 5.41) is 9.56. The van der Waals surface area contributed by atoms with E-state index in [0.717, 1.165) is 0 Å². The van der Waals surface area contributed by atoms with E-state index in [4.69, 9.17) is 0 Å². The molecule has 0 fully saturated rings. The molecule has 0 saturated heterocycles. The van der Waals surface area contributed by atoms with Gasteiger partial charge in [0, 0.05) is 24.0 Å². The van der Waals surface area contributed by atoms with Gasteiger partial charge in [-0.1, -0.05) is 0 Å². The summed E-state index contributed by atoms with van der Waals surface area (Å²) in [7, 11) is 0. The van der Waals surface area contributed by atoms with Crippen LogP contribution in [0.5, 0.6) is 0 Å². The highest BCUT2D eigenvalue weighted by Crippen LogP contribution is 2.13. The molecule has 0 bridgehead atoms. The van der Waals surface area contributed by atoms with Crippen LogP contribution in [0.3, 0.4) is 0 Å². The Morgan fingerprint density at radius 2 is 1.22 bits per heavy atom. The molecule has 27 heavy (non-hydrogen) atoms. The largest absolute Gasteiger partial charge is 0.339 e. The van der Waals surface area contributed by atoms with Gasteiger partial charge in [-0.2, -0.15) is 0 Å². The van der Waals surface area contributed by atoms with E-state index in [1.54, 1.807) is 12.1 Å². The van der Waals surface area contributed by atoms with Crippen molar-refractivity contribution in [2.45, 2.75) is 6.92 Å². The maximum absolute atomic E-state index is 12.8. The normalized spacial score (nSPS) is 9.85. The number of carbonyl (C=O) groups excluding carboxylic acids is 4. The topological polar surface area (TPSA) is 116 Å².